The number of amides is 1. The lowest BCUT2D eigenvalue weighted by Crippen LogP contribution is -2.29. The van der Waals surface area contributed by atoms with E-state index < -0.39 is 6.04 Å². The lowest BCUT2D eigenvalue weighted by Gasteiger charge is -2.25. The molecule has 0 bridgehead atoms. The zero-order chi connectivity index (χ0) is 21.5. The Morgan fingerprint density at radius 2 is 1.68 bits per heavy atom. The van der Waals surface area contributed by atoms with Crippen molar-refractivity contribution in [3.05, 3.63) is 116 Å². The van der Waals surface area contributed by atoms with E-state index in [2.05, 4.69) is 6.92 Å². The standard InChI is InChI=1S/C26H20ClNO3/c1-2-16-8-10-18(11-9-16)23-22-24(29)20-14-19(27)12-13-21(20)31-25(22)26(30)28(23)15-17-6-4-3-5-7-17/h3-14,23H,2,15H2,1H3. The second kappa shape index (κ2) is 7.71. The van der Waals surface area contributed by atoms with Gasteiger partial charge in [-0.3, -0.25) is 9.59 Å². The summed E-state index contributed by atoms with van der Waals surface area (Å²) in [7, 11) is 0. The van der Waals surface area contributed by atoms with Crippen LogP contribution >= 0.6 is 11.6 Å². The van der Waals surface area contributed by atoms with Crippen LogP contribution < -0.4 is 5.43 Å². The maximum Gasteiger partial charge on any atom is 0.291 e. The van der Waals surface area contributed by atoms with Crippen LogP contribution in [0.4, 0.5) is 0 Å². The molecule has 0 aliphatic carbocycles. The largest absolute Gasteiger partial charge is 0.450 e. The van der Waals surface area contributed by atoms with Gasteiger partial charge < -0.3 is 9.32 Å². The van der Waals surface area contributed by atoms with Gasteiger partial charge in [0, 0.05) is 11.6 Å². The Balaban J connectivity index is 1.72. The van der Waals surface area contributed by atoms with Crippen LogP contribution in [0, 0.1) is 0 Å². The van der Waals surface area contributed by atoms with Crippen LogP contribution in [0.3, 0.4) is 0 Å². The second-order valence-electron chi connectivity index (χ2n) is 7.73. The van der Waals surface area contributed by atoms with Crippen LogP contribution in [0.5, 0.6) is 0 Å². The molecular weight excluding hydrogens is 410 g/mol. The van der Waals surface area contributed by atoms with Crippen molar-refractivity contribution in [3.63, 3.8) is 0 Å². The van der Waals surface area contributed by atoms with Crippen molar-refractivity contribution >= 4 is 28.5 Å². The molecule has 1 aliphatic rings. The highest BCUT2D eigenvalue weighted by Crippen LogP contribution is 2.39. The van der Waals surface area contributed by atoms with Gasteiger partial charge in [0.15, 0.2) is 5.43 Å². The average molecular weight is 430 g/mol. The van der Waals surface area contributed by atoms with Gasteiger partial charge in [0.25, 0.3) is 5.91 Å². The van der Waals surface area contributed by atoms with Crippen LogP contribution in [-0.2, 0) is 13.0 Å². The van der Waals surface area contributed by atoms with Crippen molar-refractivity contribution in [1.29, 1.82) is 0 Å². The molecule has 1 unspecified atom stereocenters. The van der Waals surface area contributed by atoms with E-state index in [9.17, 15) is 9.59 Å². The molecule has 0 radical (unpaired) electrons. The van der Waals surface area contributed by atoms with E-state index in [0.29, 0.717) is 28.1 Å². The Morgan fingerprint density at radius 1 is 0.935 bits per heavy atom. The number of hydrogen-bond donors (Lipinski definition) is 0. The minimum atomic E-state index is -0.520. The molecule has 0 saturated carbocycles. The summed E-state index contributed by atoms with van der Waals surface area (Å²) in [5, 5.41) is 0.838. The lowest BCUT2D eigenvalue weighted by atomic mass is 9.97. The highest BCUT2D eigenvalue weighted by Gasteiger charge is 2.42. The van der Waals surface area contributed by atoms with E-state index in [4.69, 9.17) is 16.0 Å². The van der Waals surface area contributed by atoms with E-state index >= 15 is 0 Å². The van der Waals surface area contributed by atoms with Gasteiger partial charge in [-0.1, -0.05) is 73.1 Å². The van der Waals surface area contributed by atoms with E-state index in [-0.39, 0.29) is 17.1 Å². The monoisotopic (exact) mass is 429 g/mol. The maximum absolute atomic E-state index is 13.5. The van der Waals surface area contributed by atoms with Crippen LogP contribution in [0.15, 0.2) is 82.0 Å². The third kappa shape index (κ3) is 3.33. The number of hydrogen-bond acceptors (Lipinski definition) is 3. The molecule has 4 aromatic rings. The quantitative estimate of drug-likeness (QED) is 0.414. The molecule has 0 N–H and O–H groups in total. The first kappa shape index (κ1) is 19.6. The fourth-order valence-electron chi connectivity index (χ4n) is 4.22. The van der Waals surface area contributed by atoms with Crippen molar-refractivity contribution < 1.29 is 9.21 Å². The first-order valence-corrected chi connectivity index (χ1v) is 10.6. The fourth-order valence-corrected chi connectivity index (χ4v) is 4.39. The average Bonchev–Trinajstić information content (AvgIpc) is 3.07. The summed E-state index contributed by atoms with van der Waals surface area (Å²) in [6.45, 7) is 2.47. The van der Waals surface area contributed by atoms with Crippen LogP contribution in [0.1, 0.15) is 45.8 Å². The Hall–Kier alpha value is -3.37. The van der Waals surface area contributed by atoms with Gasteiger partial charge >= 0.3 is 0 Å². The predicted octanol–water partition coefficient (Wildman–Crippen LogP) is 5.75. The van der Waals surface area contributed by atoms with Crippen molar-refractivity contribution in [2.24, 2.45) is 0 Å². The number of carbonyl (C=O) groups excluding carboxylic acids is 1. The van der Waals surface area contributed by atoms with Crippen molar-refractivity contribution in [2.45, 2.75) is 25.9 Å². The summed E-state index contributed by atoms with van der Waals surface area (Å²) in [6.07, 6.45) is 0.916. The van der Waals surface area contributed by atoms with E-state index in [0.717, 1.165) is 17.5 Å². The predicted molar refractivity (Wildman–Crippen MR) is 121 cm³/mol. The molecule has 31 heavy (non-hydrogen) atoms. The van der Waals surface area contributed by atoms with Gasteiger partial charge in [0.1, 0.15) is 5.58 Å². The second-order valence-corrected chi connectivity index (χ2v) is 8.17. The summed E-state index contributed by atoms with van der Waals surface area (Å²) in [5.74, 6) is -0.169. The topological polar surface area (TPSA) is 50.5 Å². The molecule has 5 rings (SSSR count). The minimum Gasteiger partial charge on any atom is -0.450 e. The van der Waals surface area contributed by atoms with E-state index in [1.54, 1.807) is 23.1 Å². The van der Waals surface area contributed by atoms with Crippen LogP contribution in [0.2, 0.25) is 5.02 Å². The number of fused-ring (bicyclic) bond motifs is 2. The Bertz CT molecular complexity index is 1340. The fraction of sp³-hybridized carbons (Fsp3) is 0.154. The van der Waals surface area contributed by atoms with Crippen LogP contribution in [-0.4, -0.2) is 10.8 Å². The molecule has 3 aromatic carbocycles. The maximum atomic E-state index is 13.5. The molecule has 0 saturated heterocycles. The van der Waals surface area contributed by atoms with Gasteiger partial charge in [0.2, 0.25) is 5.76 Å². The normalized spacial score (nSPS) is 15.5. The zero-order valence-corrected chi connectivity index (χ0v) is 17.7. The number of aryl methyl sites for hydroxylation is 1. The van der Waals surface area contributed by atoms with Crippen molar-refractivity contribution in [1.82, 2.24) is 4.90 Å². The van der Waals surface area contributed by atoms with E-state index in [1.165, 1.54) is 5.56 Å². The first-order valence-electron chi connectivity index (χ1n) is 10.3. The Labute approximate surface area is 184 Å². The molecule has 1 aromatic heterocycles. The summed E-state index contributed by atoms with van der Waals surface area (Å²) in [4.78, 5) is 28.7. The summed E-state index contributed by atoms with van der Waals surface area (Å²) < 4.78 is 5.97. The number of rotatable bonds is 4. The molecule has 4 nitrogen and oxygen atoms in total. The van der Waals surface area contributed by atoms with Gasteiger partial charge in [-0.05, 0) is 41.3 Å². The van der Waals surface area contributed by atoms with Gasteiger partial charge in [-0.15, -0.1) is 0 Å². The lowest BCUT2D eigenvalue weighted by molar-refractivity contribution is 0.0714. The highest BCUT2D eigenvalue weighted by molar-refractivity contribution is 6.31. The van der Waals surface area contributed by atoms with Gasteiger partial charge in [-0.2, -0.15) is 0 Å². The molecule has 1 aliphatic heterocycles. The number of carbonyl (C=O) groups is 1. The van der Waals surface area contributed by atoms with Crippen LogP contribution in [0.25, 0.3) is 11.0 Å². The number of nitrogens with zero attached hydrogens (tertiary/aromatic N) is 1. The minimum absolute atomic E-state index is 0.111. The third-order valence-electron chi connectivity index (χ3n) is 5.83. The molecule has 2 heterocycles. The first-order chi connectivity index (χ1) is 15.1. The molecular formula is C26H20ClNO3. The Morgan fingerprint density at radius 3 is 2.39 bits per heavy atom. The summed E-state index contributed by atoms with van der Waals surface area (Å²) in [6, 6.07) is 22.2. The highest BCUT2D eigenvalue weighted by atomic mass is 35.5. The zero-order valence-electron chi connectivity index (χ0n) is 17.0. The third-order valence-corrected chi connectivity index (χ3v) is 6.06. The number of halogens is 1. The summed E-state index contributed by atoms with van der Waals surface area (Å²) in [5.41, 5.74) is 3.59. The molecule has 0 fully saturated rings. The van der Waals surface area contributed by atoms with Crippen molar-refractivity contribution in [3.8, 4) is 0 Å². The van der Waals surface area contributed by atoms with Gasteiger partial charge in [0.05, 0.1) is 17.0 Å². The summed E-state index contributed by atoms with van der Waals surface area (Å²) >= 11 is 6.14. The number of benzene rings is 3. The Kier molecular flexibility index (Phi) is 4.87. The van der Waals surface area contributed by atoms with Crippen molar-refractivity contribution in [2.75, 3.05) is 0 Å². The SMILES string of the molecule is CCc1ccc(C2c3c(oc4ccc(Cl)cc4c3=O)C(=O)N2Cc2ccccc2)cc1. The van der Waals surface area contributed by atoms with Gasteiger partial charge in [-0.25, -0.2) is 0 Å². The molecule has 0 spiro atoms. The molecule has 1 atom stereocenters. The molecule has 5 heteroatoms. The smallest absolute Gasteiger partial charge is 0.291 e. The molecule has 154 valence electrons. The van der Waals surface area contributed by atoms with E-state index in [1.807, 2.05) is 54.6 Å². The molecule has 1 amide bonds.